The van der Waals surface area contributed by atoms with Crippen molar-refractivity contribution in [1.82, 2.24) is 5.43 Å². The summed E-state index contributed by atoms with van der Waals surface area (Å²) in [5.41, 5.74) is 1.77. The molecular weight excluding hydrogens is 317 g/mol. The van der Waals surface area contributed by atoms with Crippen molar-refractivity contribution in [2.75, 3.05) is 0 Å². The van der Waals surface area contributed by atoms with Crippen LogP contribution in [0.2, 0.25) is 0 Å². The normalized spacial score (nSPS) is 13.9. The van der Waals surface area contributed by atoms with Crippen LogP contribution >= 0.6 is 0 Å². The van der Waals surface area contributed by atoms with Crippen molar-refractivity contribution in [2.24, 2.45) is 5.10 Å². The van der Waals surface area contributed by atoms with Crippen LogP contribution in [0.25, 0.3) is 0 Å². The third-order valence-corrected chi connectivity index (χ3v) is 2.77. The maximum Gasteiger partial charge on any atom is 0.462 e. The smallest absolute Gasteiger partial charge is 0.242 e. The van der Waals surface area contributed by atoms with Crippen molar-refractivity contribution < 1.29 is 30.7 Å². The minimum absolute atomic E-state index is 0.221. The number of hydrogen-bond acceptors (Lipinski definition) is 2. The van der Waals surface area contributed by atoms with E-state index in [4.69, 9.17) is 0 Å². The van der Waals surface area contributed by atoms with Gasteiger partial charge in [0, 0.05) is 0 Å². The van der Waals surface area contributed by atoms with Gasteiger partial charge in [0.1, 0.15) is 0 Å². The summed E-state index contributed by atoms with van der Waals surface area (Å²) in [5.74, 6) is -6.02. The SMILES string of the molecule is CC(C)c1ccc(/C=N/NC(F)(F)C(F)(F)C(F)(F)F)cc1. The first-order chi connectivity index (χ1) is 9.88. The molecule has 0 aromatic heterocycles. The monoisotopic (exact) mass is 330 g/mol. The highest BCUT2D eigenvalue weighted by Crippen LogP contribution is 2.44. The number of alkyl halides is 7. The van der Waals surface area contributed by atoms with Gasteiger partial charge in [-0.05, 0) is 17.0 Å². The Morgan fingerprint density at radius 2 is 1.45 bits per heavy atom. The molecule has 0 fully saturated rings. The van der Waals surface area contributed by atoms with Crippen molar-refractivity contribution in [3.8, 4) is 0 Å². The number of hydrogen-bond donors (Lipinski definition) is 1. The Kier molecular flexibility index (Phi) is 5.09. The van der Waals surface area contributed by atoms with E-state index >= 15 is 0 Å². The van der Waals surface area contributed by atoms with Crippen LogP contribution in [0.1, 0.15) is 30.9 Å². The summed E-state index contributed by atoms with van der Waals surface area (Å²) in [7, 11) is 0. The van der Waals surface area contributed by atoms with E-state index in [9.17, 15) is 30.7 Å². The van der Waals surface area contributed by atoms with Gasteiger partial charge in [-0.2, -0.15) is 35.8 Å². The molecule has 0 aliphatic heterocycles. The highest BCUT2D eigenvalue weighted by atomic mass is 19.4. The molecule has 0 unspecified atom stereocenters. The zero-order valence-corrected chi connectivity index (χ0v) is 11.6. The van der Waals surface area contributed by atoms with Gasteiger partial charge >= 0.3 is 18.1 Å². The second kappa shape index (κ2) is 6.13. The Bertz CT molecular complexity index is 518. The summed E-state index contributed by atoms with van der Waals surface area (Å²) in [6, 6.07) is 0.712. The van der Waals surface area contributed by atoms with E-state index in [0.717, 1.165) is 11.8 Å². The largest absolute Gasteiger partial charge is 0.462 e. The molecule has 1 N–H and O–H groups in total. The van der Waals surface area contributed by atoms with Crippen LogP contribution < -0.4 is 5.43 Å². The molecule has 0 saturated carbocycles. The quantitative estimate of drug-likeness (QED) is 0.365. The molecule has 0 atom stereocenters. The fourth-order valence-corrected chi connectivity index (χ4v) is 1.40. The van der Waals surface area contributed by atoms with Gasteiger partial charge in [0.25, 0.3) is 0 Å². The van der Waals surface area contributed by atoms with Gasteiger partial charge in [0.2, 0.25) is 0 Å². The average molecular weight is 330 g/mol. The van der Waals surface area contributed by atoms with E-state index in [0.29, 0.717) is 5.43 Å². The first-order valence-electron chi connectivity index (χ1n) is 6.11. The molecule has 1 aromatic rings. The molecule has 0 aliphatic rings. The van der Waals surface area contributed by atoms with Crippen LogP contribution in [0.4, 0.5) is 30.7 Å². The van der Waals surface area contributed by atoms with Crippen molar-refractivity contribution in [1.29, 1.82) is 0 Å². The van der Waals surface area contributed by atoms with Crippen LogP contribution in [0.5, 0.6) is 0 Å². The van der Waals surface area contributed by atoms with Crippen molar-refractivity contribution in [3.63, 3.8) is 0 Å². The number of rotatable bonds is 5. The maximum absolute atomic E-state index is 12.9. The van der Waals surface area contributed by atoms with E-state index in [1.165, 1.54) is 12.1 Å². The first-order valence-corrected chi connectivity index (χ1v) is 6.11. The number of hydrazone groups is 1. The van der Waals surface area contributed by atoms with Crippen molar-refractivity contribution in [2.45, 2.75) is 37.9 Å². The maximum atomic E-state index is 12.9. The zero-order valence-electron chi connectivity index (χ0n) is 11.6. The molecular formula is C13H13F7N2. The molecule has 0 aliphatic carbocycles. The molecule has 0 spiro atoms. The lowest BCUT2D eigenvalue weighted by Crippen LogP contribution is -2.58. The fourth-order valence-electron chi connectivity index (χ4n) is 1.40. The molecule has 22 heavy (non-hydrogen) atoms. The number of nitrogens with zero attached hydrogens (tertiary/aromatic N) is 1. The topological polar surface area (TPSA) is 24.4 Å². The second-order valence-corrected chi connectivity index (χ2v) is 4.84. The van der Waals surface area contributed by atoms with Gasteiger partial charge in [0.15, 0.2) is 0 Å². The lowest BCUT2D eigenvalue weighted by molar-refractivity contribution is -0.361. The van der Waals surface area contributed by atoms with Crippen molar-refractivity contribution in [3.05, 3.63) is 35.4 Å². The Morgan fingerprint density at radius 3 is 1.86 bits per heavy atom. The van der Waals surface area contributed by atoms with Crippen LogP contribution in [0.3, 0.4) is 0 Å². The predicted molar refractivity (Wildman–Crippen MR) is 67.2 cm³/mol. The van der Waals surface area contributed by atoms with Crippen LogP contribution in [-0.2, 0) is 0 Å². The van der Waals surface area contributed by atoms with Gasteiger partial charge in [-0.25, -0.2) is 5.43 Å². The highest BCUT2D eigenvalue weighted by molar-refractivity contribution is 5.79. The Balaban J connectivity index is 2.80. The van der Waals surface area contributed by atoms with Crippen molar-refractivity contribution >= 4 is 6.21 Å². The summed E-state index contributed by atoms with van der Waals surface area (Å²) >= 11 is 0. The van der Waals surface area contributed by atoms with E-state index in [2.05, 4.69) is 5.10 Å². The van der Waals surface area contributed by atoms with Crippen LogP contribution in [-0.4, -0.2) is 24.4 Å². The van der Waals surface area contributed by atoms with E-state index < -0.39 is 18.1 Å². The van der Waals surface area contributed by atoms with E-state index in [-0.39, 0.29) is 11.5 Å². The summed E-state index contributed by atoms with van der Waals surface area (Å²) in [5, 5.41) is 2.76. The lowest BCUT2D eigenvalue weighted by Gasteiger charge is -2.27. The van der Waals surface area contributed by atoms with Gasteiger partial charge in [-0.1, -0.05) is 38.1 Å². The molecule has 0 saturated heterocycles. The summed E-state index contributed by atoms with van der Waals surface area (Å²) < 4.78 is 86.5. The average Bonchev–Trinajstić information content (AvgIpc) is 2.37. The Morgan fingerprint density at radius 1 is 0.955 bits per heavy atom. The molecule has 0 bridgehead atoms. The molecule has 0 amide bonds. The van der Waals surface area contributed by atoms with Crippen LogP contribution in [0.15, 0.2) is 29.4 Å². The minimum Gasteiger partial charge on any atom is -0.242 e. The summed E-state index contributed by atoms with van der Waals surface area (Å²) in [6.07, 6.45) is -5.66. The predicted octanol–water partition coefficient (Wildman–Crippen LogP) is 4.52. The lowest BCUT2D eigenvalue weighted by atomic mass is 10.0. The van der Waals surface area contributed by atoms with Gasteiger partial charge in [-0.15, -0.1) is 0 Å². The third kappa shape index (κ3) is 3.89. The summed E-state index contributed by atoms with van der Waals surface area (Å²) in [6.45, 7) is 3.84. The van der Waals surface area contributed by atoms with Gasteiger partial charge < -0.3 is 0 Å². The molecule has 2 nitrogen and oxygen atoms in total. The molecule has 9 heteroatoms. The van der Waals surface area contributed by atoms with E-state index in [1.807, 2.05) is 13.8 Å². The van der Waals surface area contributed by atoms with E-state index in [1.54, 1.807) is 12.1 Å². The molecule has 0 heterocycles. The molecule has 124 valence electrons. The van der Waals surface area contributed by atoms with Crippen LogP contribution in [0, 0.1) is 0 Å². The zero-order chi connectivity index (χ0) is 17.2. The first kappa shape index (κ1) is 18.2. The standard InChI is InChI=1S/C13H13F7N2/c1-8(2)10-5-3-9(4-6-10)7-21-22-13(19,20)11(14,15)12(16,17)18/h3-8,22H,1-2H3/b21-7+. The van der Waals surface area contributed by atoms with Gasteiger partial charge in [-0.3, -0.25) is 0 Å². The molecule has 1 aromatic carbocycles. The number of benzene rings is 1. The molecule has 0 radical (unpaired) electrons. The molecule has 1 rings (SSSR count). The highest BCUT2D eigenvalue weighted by Gasteiger charge is 2.73. The summed E-state index contributed by atoms with van der Waals surface area (Å²) in [4.78, 5) is 0. The van der Waals surface area contributed by atoms with Gasteiger partial charge in [0.05, 0.1) is 6.21 Å². The second-order valence-electron chi connectivity index (χ2n) is 4.84. The third-order valence-electron chi connectivity index (χ3n) is 2.77. The minimum atomic E-state index is -6.39. The number of nitrogens with one attached hydrogen (secondary N) is 1. The fraction of sp³-hybridized carbons (Fsp3) is 0.462. The Hall–Kier alpha value is -1.80. The number of halogens is 7. The Labute approximate surface area is 122 Å².